The van der Waals surface area contributed by atoms with Gasteiger partial charge in [-0.2, -0.15) is 0 Å². The van der Waals surface area contributed by atoms with Gasteiger partial charge in [-0.25, -0.2) is 9.18 Å². The minimum atomic E-state index is -1.81. The number of rotatable bonds is 4. The monoisotopic (exact) mass is 226 g/mol. The first-order chi connectivity index (χ1) is 7.47. The molecule has 5 heteroatoms. The molecule has 0 amide bonds. The number of aliphatic carboxylic acids is 1. The second-order valence-electron chi connectivity index (χ2n) is 3.25. The van der Waals surface area contributed by atoms with E-state index in [9.17, 15) is 19.1 Å². The average Bonchev–Trinajstić information content (AvgIpc) is 2.26. The normalized spacial score (nSPS) is 12.2. The third kappa shape index (κ3) is 2.43. The number of halogens is 1. The van der Waals surface area contributed by atoms with E-state index in [1.165, 1.54) is 0 Å². The van der Waals surface area contributed by atoms with Crippen molar-refractivity contribution in [3.63, 3.8) is 0 Å². The van der Waals surface area contributed by atoms with Gasteiger partial charge < -0.3 is 10.2 Å². The topological polar surface area (TPSA) is 74.6 Å². The summed E-state index contributed by atoms with van der Waals surface area (Å²) in [6, 6.07) is 3.05. The molecule has 0 spiro atoms. The molecule has 2 N–H and O–H groups in total. The molecule has 0 aliphatic heterocycles. The summed E-state index contributed by atoms with van der Waals surface area (Å²) >= 11 is 0. The van der Waals surface area contributed by atoms with Gasteiger partial charge in [-0.1, -0.05) is 13.0 Å². The Labute approximate surface area is 91.3 Å². The van der Waals surface area contributed by atoms with Gasteiger partial charge in [0.05, 0.1) is 0 Å². The number of carbonyl (C=O) groups is 2. The Morgan fingerprint density at radius 1 is 1.44 bits per heavy atom. The van der Waals surface area contributed by atoms with Crippen molar-refractivity contribution in [1.82, 2.24) is 0 Å². The fraction of sp³-hybridized carbons (Fsp3) is 0.273. The number of hydrogen-bond acceptors (Lipinski definition) is 3. The SMILES string of the molecule is CCC(=O)c1cc(F)ccc1C(O)C(=O)O. The summed E-state index contributed by atoms with van der Waals surface area (Å²) in [5.74, 6) is -2.52. The molecule has 0 radical (unpaired) electrons. The van der Waals surface area contributed by atoms with Crippen molar-refractivity contribution in [2.45, 2.75) is 19.4 Å². The molecular formula is C11H11FO4. The minimum absolute atomic E-state index is 0.0826. The lowest BCUT2D eigenvalue weighted by Gasteiger charge is -2.10. The van der Waals surface area contributed by atoms with Gasteiger partial charge in [-0.05, 0) is 12.1 Å². The summed E-state index contributed by atoms with van der Waals surface area (Å²) in [5.41, 5.74) is -0.168. The summed E-state index contributed by atoms with van der Waals surface area (Å²) < 4.78 is 12.9. The van der Waals surface area contributed by atoms with Crippen LogP contribution in [-0.4, -0.2) is 22.0 Å². The van der Waals surface area contributed by atoms with E-state index in [0.29, 0.717) is 0 Å². The van der Waals surface area contributed by atoms with Gasteiger partial charge in [0.1, 0.15) is 5.82 Å². The number of Topliss-reactive ketones (excluding diaryl/α,β-unsaturated/α-hetero) is 1. The number of carboxylic acid groups (broad SMARTS) is 1. The maximum absolute atomic E-state index is 12.9. The third-order valence-corrected chi connectivity index (χ3v) is 2.17. The molecule has 4 nitrogen and oxygen atoms in total. The van der Waals surface area contributed by atoms with Crippen LogP contribution in [0.5, 0.6) is 0 Å². The Bertz CT molecular complexity index is 428. The number of hydrogen-bond donors (Lipinski definition) is 2. The molecule has 86 valence electrons. The van der Waals surface area contributed by atoms with Crippen LogP contribution in [0.15, 0.2) is 18.2 Å². The van der Waals surface area contributed by atoms with Gasteiger partial charge in [0.2, 0.25) is 0 Å². The first-order valence-corrected chi connectivity index (χ1v) is 4.71. The van der Waals surface area contributed by atoms with Crippen molar-refractivity contribution in [2.75, 3.05) is 0 Å². The molecule has 1 aromatic rings. The predicted molar refractivity (Wildman–Crippen MR) is 53.6 cm³/mol. The molecule has 0 aliphatic carbocycles. The zero-order chi connectivity index (χ0) is 12.3. The molecule has 1 aromatic carbocycles. The van der Waals surface area contributed by atoms with Gasteiger partial charge in [0, 0.05) is 17.5 Å². The van der Waals surface area contributed by atoms with Crippen LogP contribution in [-0.2, 0) is 4.79 Å². The van der Waals surface area contributed by atoms with Crippen LogP contribution < -0.4 is 0 Å². The molecule has 0 saturated heterocycles. The number of ketones is 1. The van der Waals surface area contributed by atoms with Crippen molar-refractivity contribution in [2.24, 2.45) is 0 Å². The molecule has 0 aliphatic rings. The third-order valence-electron chi connectivity index (χ3n) is 2.17. The van der Waals surface area contributed by atoms with Crippen molar-refractivity contribution < 1.29 is 24.2 Å². The lowest BCUT2D eigenvalue weighted by molar-refractivity contribution is -0.146. The van der Waals surface area contributed by atoms with Crippen molar-refractivity contribution in [3.05, 3.63) is 35.1 Å². The van der Waals surface area contributed by atoms with Gasteiger partial charge in [-0.3, -0.25) is 4.79 Å². The second-order valence-corrected chi connectivity index (χ2v) is 3.25. The van der Waals surface area contributed by atoms with Gasteiger partial charge in [-0.15, -0.1) is 0 Å². The molecule has 16 heavy (non-hydrogen) atoms. The highest BCUT2D eigenvalue weighted by Crippen LogP contribution is 2.21. The highest BCUT2D eigenvalue weighted by atomic mass is 19.1. The van der Waals surface area contributed by atoms with Crippen LogP contribution in [0.25, 0.3) is 0 Å². The Morgan fingerprint density at radius 2 is 2.06 bits per heavy atom. The summed E-state index contributed by atoms with van der Waals surface area (Å²) in [6.07, 6.45) is -1.70. The first kappa shape index (κ1) is 12.3. The van der Waals surface area contributed by atoms with E-state index in [1.54, 1.807) is 6.92 Å². The molecule has 0 aromatic heterocycles. The number of aliphatic hydroxyl groups is 1. The van der Waals surface area contributed by atoms with E-state index < -0.39 is 23.7 Å². The Balaban J connectivity index is 3.27. The second kappa shape index (κ2) is 4.85. The Hall–Kier alpha value is -1.75. The van der Waals surface area contributed by atoms with Crippen LogP contribution in [0.2, 0.25) is 0 Å². The van der Waals surface area contributed by atoms with Crippen molar-refractivity contribution in [1.29, 1.82) is 0 Å². The summed E-state index contributed by atoms with van der Waals surface area (Å²) in [4.78, 5) is 22.0. The van der Waals surface area contributed by atoms with Crippen LogP contribution >= 0.6 is 0 Å². The Kier molecular flexibility index (Phi) is 3.73. The van der Waals surface area contributed by atoms with E-state index in [-0.39, 0.29) is 17.5 Å². The lowest BCUT2D eigenvalue weighted by Crippen LogP contribution is -2.15. The number of benzene rings is 1. The average molecular weight is 226 g/mol. The first-order valence-electron chi connectivity index (χ1n) is 4.71. The molecule has 1 atom stereocenters. The molecule has 0 bridgehead atoms. The molecular weight excluding hydrogens is 215 g/mol. The predicted octanol–water partition coefficient (Wildman–Crippen LogP) is 1.54. The fourth-order valence-electron chi connectivity index (χ4n) is 1.33. The number of carbonyl (C=O) groups excluding carboxylic acids is 1. The molecule has 0 saturated carbocycles. The van der Waals surface area contributed by atoms with Crippen LogP contribution in [0.3, 0.4) is 0 Å². The standard InChI is InChI=1S/C11H11FO4/c1-2-9(13)8-5-6(12)3-4-7(8)10(14)11(15)16/h3-5,10,14H,2H2,1H3,(H,15,16). The zero-order valence-corrected chi connectivity index (χ0v) is 8.61. The largest absolute Gasteiger partial charge is 0.479 e. The van der Waals surface area contributed by atoms with E-state index in [2.05, 4.69) is 0 Å². The van der Waals surface area contributed by atoms with E-state index in [4.69, 9.17) is 5.11 Å². The van der Waals surface area contributed by atoms with Crippen molar-refractivity contribution >= 4 is 11.8 Å². The molecule has 1 unspecified atom stereocenters. The maximum Gasteiger partial charge on any atom is 0.337 e. The van der Waals surface area contributed by atoms with E-state index >= 15 is 0 Å². The lowest BCUT2D eigenvalue weighted by atomic mass is 9.98. The summed E-state index contributed by atoms with van der Waals surface area (Å²) in [5, 5.41) is 18.0. The van der Waals surface area contributed by atoms with Crippen LogP contribution in [0, 0.1) is 5.82 Å². The molecule has 0 heterocycles. The van der Waals surface area contributed by atoms with E-state index in [1.807, 2.05) is 0 Å². The zero-order valence-electron chi connectivity index (χ0n) is 8.61. The Morgan fingerprint density at radius 3 is 2.56 bits per heavy atom. The van der Waals surface area contributed by atoms with Gasteiger partial charge >= 0.3 is 5.97 Å². The quantitative estimate of drug-likeness (QED) is 0.763. The summed E-state index contributed by atoms with van der Waals surface area (Å²) in [6.45, 7) is 1.57. The van der Waals surface area contributed by atoms with Crippen LogP contribution in [0.1, 0.15) is 35.4 Å². The maximum atomic E-state index is 12.9. The minimum Gasteiger partial charge on any atom is -0.479 e. The summed E-state index contributed by atoms with van der Waals surface area (Å²) in [7, 11) is 0. The van der Waals surface area contributed by atoms with Crippen molar-refractivity contribution in [3.8, 4) is 0 Å². The van der Waals surface area contributed by atoms with Crippen LogP contribution in [0.4, 0.5) is 4.39 Å². The highest BCUT2D eigenvalue weighted by molar-refractivity contribution is 5.98. The highest BCUT2D eigenvalue weighted by Gasteiger charge is 2.22. The molecule has 1 rings (SSSR count). The van der Waals surface area contributed by atoms with Gasteiger partial charge in [0.15, 0.2) is 11.9 Å². The number of aliphatic hydroxyl groups excluding tert-OH is 1. The fourth-order valence-corrected chi connectivity index (χ4v) is 1.33. The van der Waals surface area contributed by atoms with Gasteiger partial charge in [0.25, 0.3) is 0 Å². The van der Waals surface area contributed by atoms with E-state index in [0.717, 1.165) is 18.2 Å². The number of carboxylic acids is 1. The molecule has 0 fully saturated rings. The smallest absolute Gasteiger partial charge is 0.337 e.